The number of aromatic nitrogens is 1. The van der Waals surface area contributed by atoms with Gasteiger partial charge in [-0.25, -0.2) is 4.57 Å². The van der Waals surface area contributed by atoms with Gasteiger partial charge in [-0.3, -0.25) is 9.51 Å². The van der Waals surface area contributed by atoms with E-state index in [1.165, 1.54) is 0 Å². The number of phosphoric ester groups is 1. The molecule has 19 heavy (non-hydrogen) atoms. The molecule has 2 aliphatic rings. The van der Waals surface area contributed by atoms with Crippen molar-refractivity contribution in [2.75, 3.05) is 6.61 Å². The Balaban J connectivity index is 2.18. The molecule has 0 saturated heterocycles. The van der Waals surface area contributed by atoms with E-state index in [2.05, 4.69) is 4.98 Å². The topological polar surface area (TPSA) is 57.7 Å². The lowest BCUT2D eigenvalue weighted by atomic mass is 10.0. The Hall–Kier alpha value is -1.58. The average Bonchev–Trinajstić information content (AvgIpc) is 2.37. The van der Waals surface area contributed by atoms with Gasteiger partial charge in [0, 0.05) is 12.0 Å². The van der Waals surface area contributed by atoms with Crippen molar-refractivity contribution in [2.24, 2.45) is 0 Å². The molecule has 0 saturated carbocycles. The van der Waals surface area contributed by atoms with E-state index >= 15 is 0 Å². The fourth-order valence-electron chi connectivity index (χ4n) is 2.64. The lowest BCUT2D eigenvalue weighted by Gasteiger charge is -2.29. The Morgan fingerprint density at radius 1 is 1.37 bits per heavy atom. The summed E-state index contributed by atoms with van der Waals surface area (Å²) in [5.41, 5.74) is 2.77. The number of benzene rings is 1. The lowest BCUT2D eigenvalue weighted by Crippen LogP contribution is -2.17. The van der Waals surface area contributed by atoms with Crippen LogP contribution in [0.2, 0.25) is 0 Å². The summed E-state index contributed by atoms with van der Waals surface area (Å²) in [5, 5.41) is 0.792. The molecule has 1 aromatic heterocycles. The molecule has 4 rings (SSSR count). The fourth-order valence-corrected chi connectivity index (χ4v) is 3.92. The van der Waals surface area contributed by atoms with Gasteiger partial charge in [0.15, 0.2) is 5.75 Å². The molecule has 2 aliphatic heterocycles. The molecule has 1 aromatic carbocycles. The molecule has 98 valence electrons. The molecule has 0 spiro atoms. The fraction of sp³-hybridized carbons (Fsp3) is 0.308. The molecule has 0 amide bonds. The maximum absolute atomic E-state index is 12.4. The molecule has 3 bridgehead atoms. The van der Waals surface area contributed by atoms with E-state index in [1.54, 1.807) is 6.07 Å². The first-order valence-corrected chi connectivity index (χ1v) is 7.74. The van der Waals surface area contributed by atoms with Crippen molar-refractivity contribution >= 4 is 18.7 Å². The third-order valence-corrected chi connectivity index (χ3v) is 4.79. The van der Waals surface area contributed by atoms with Crippen LogP contribution in [0, 0.1) is 0 Å². The SMILES string of the molecule is CCc1c2nc3cccc4c3c1OP(=O)(OCC2)O4. The van der Waals surface area contributed by atoms with Crippen molar-refractivity contribution in [2.45, 2.75) is 19.8 Å². The van der Waals surface area contributed by atoms with Gasteiger partial charge in [-0.1, -0.05) is 13.0 Å². The molecule has 0 aliphatic carbocycles. The predicted molar refractivity (Wildman–Crippen MR) is 69.6 cm³/mol. The van der Waals surface area contributed by atoms with Gasteiger partial charge < -0.3 is 9.05 Å². The van der Waals surface area contributed by atoms with Gasteiger partial charge >= 0.3 is 7.82 Å². The van der Waals surface area contributed by atoms with Crippen LogP contribution in [0.25, 0.3) is 10.9 Å². The highest BCUT2D eigenvalue weighted by atomic mass is 31.2. The Labute approximate surface area is 110 Å². The number of fused-ring (bicyclic) bond motifs is 2. The molecule has 3 heterocycles. The Bertz CT molecular complexity index is 743. The van der Waals surface area contributed by atoms with Gasteiger partial charge in [0.2, 0.25) is 0 Å². The third kappa shape index (κ3) is 1.52. The van der Waals surface area contributed by atoms with Crippen molar-refractivity contribution < 1.29 is 18.1 Å². The zero-order valence-electron chi connectivity index (χ0n) is 10.4. The van der Waals surface area contributed by atoms with Crippen LogP contribution in [0.3, 0.4) is 0 Å². The number of rotatable bonds is 1. The Morgan fingerprint density at radius 3 is 3.11 bits per heavy atom. The van der Waals surface area contributed by atoms with Crippen molar-refractivity contribution in [3.63, 3.8) is 0 Å². The minimum absolute atomic E-state index is 0.284. The summed E-state index contributed by atoms with van der Waals surface area (Å²) in [6.45, 7) is 2.32. The van der Waals surface area contributed by atoms with Crippen LogP contribution in [0.4, 0.5) is 0 Å². The number of hydrogen-bond donors (Lipinski definition) is 0. The standard InChI is InChI=1S/C13H12NO4P/c1-2-8-9-6-7-16-19(15)17-11-5-3-4-10(14-9)12(11)13(8)18-19/h3-5H,2,6-7H2,1H3. The molecule has 1 unspecified atom stereocenters. The minimum Gasteiger partial charge on any atom is -0.394 e. The normalized spacial score (nSPS) is 23.8. The summed E-state index contributed by atoms with van der Waals surface area (Å²) in [7, 11) is -3.53. The quantitative estimate of drug-likeness (QED) is 0.749. The van der Waals surface area contributed by atoms with Gasteiger partial charge in [0.1, 0.15) is 5.75 Å². The second kappa shape index (κ2) is 3.71. The van der Waals surface area contributed by atoms with Crippen LogP contribution in [0.15, 0.2) is 18.2 Å². The molecule has 5 nitrogen and oxygen atoms in total. The first kappa shape index (κ1) is 11.3. The van der Waals surface area contributed by atoms with E-state index in [4.69, 9.17) is 13.6 Å². The van der Waals surface area contributed by atoms with E-state index in [-0.39, 0.29) is 6.61 Å². The van der Waals surface area contributed by atoms with Crippen molar-refractivity contribution in [1.29, 1.82) is 0 Å². The molecular formula is C13H12NO4P. The summed E-state index contributed by atoms with van der Waals surface area (Å²) in [6.07, 6.45) is 1.40. The molecule has 0 radical (unpaired) electrons. The smallest absolute Gasteiger partial charge is 0.394 e. The van der Waals surface area contributed by atoms with Gasteiger partial charge in [0.25, 0.3) is 0 Å². The molecule has 0 fully saturated rings. The second-order valence-corrected chi connectivity index (χ2v) is 6.10. The highest BCUT2D eigenvalue weighted by molar-refractivity contribution is 7.49. The zero-order chi connectivity index (χ0) is 13.0. The third-order valence-electron chi connectivity index (χ3n) is 3.46. The van der Waals surface area contributed by atoms with Crippen LogP contribution in [0.5, 0.6) is 11.5 Å². The summed E-state index contributed by atoms with van der Waals surface area (Å²) in [6, 6.07) is 5.52. The molecule has 1 atom stereocenters. The highest BCUT2D eigenvalue weighted by Crippen LogP contribution is 2.59. The minimum atomic E-state index is -3.53. The first-order valence-electron chi connectivity index (χ1n) is 6.28. The first-order chi connectivity index (χ1) is 9.20. The summed E-state index contributed by atoms with van der Waals surface area (Å²) < 4.78 is 28.7. The predicted octanol–water partition coefficient (Wildman–Crippen LogP) is 3.25. The van der Waals surface area contributed by atoms with Gasteiger partial charge in [0.05, 0.1) is 23.2 Å². The number of pyridine rings is 1. The molecule has 0 N–H and O–H groups in total. The van der Waals surface area contributed by atoms with E-state index in [0.717, 1.165) is 28.6 Å². The van der Waals surface area contributed by atoms with Gasteiger partial charge in [-0.2, -0.15) is 0 Å². The van der Waals surface area contributed by atoms with E-state index in [9.17, 15) is 4.57 Å². The van der Waals surface area contributed by atoms with Gasteiger partial charge in [-0.05, 0) is 18.6 Å². The summed E-state index contributed by atoms with van der Waals surface area (Å²) >= 11 is 0. The zero-order valence-corrected chi connectivity index (χ0v) is 11.3. The van der Waals surface area contributed by atoms with Crippen LogP contribution in [0.1, 0.15) is 18.2 Å². The van der Waals surface area contributed by atoms with Crippen LogP contribution >= 0.6 is 7.82 Å². The maximum atomic E-state index is 12.4. The monoisotopic (exact) mass is 277 g/mol. The Kier molecular flexibility index (Phi) is 2.20. The van der Waals surface area contributed by atoms with Crippen molar-refractivity contribution in [3.8, 4) is 11.5 Å². The van der Waals surface area contributed by atoms with E-state index < -0.39 is 7.82 Å². The average molecular weight is 277 g/mol. The van der Waals surface area contributed by atoms with Crippen molar-refractivity contribution in [1.82, 2.24) is 4.98 Å². The molecule has 2 aromatic rings. The van der Waals surface area contributed by atoms with Gasteiger partial charge in [-0.15, -0.1) is 0 Å². The highest BCUT2D eigenvalue weighted by Gasteiger charge is 2.39. The van der Waals surface area contributed by atoms with Crippen LogP contribution in [-0.2, 0) is 21.9 Å². The van der Waals surface area contributed by atoms with Crippen LogP contribution in [-0.4, -0.2) is 11.6 Å². The summed E-state index contributed by atoms with van der Waals surface area (Å²) in [5.74, 6) is 1.14. The summed E-state index contributed by atoms with van der Waals surface area (Å²) in [4.78, 5) is 4.66. The second-order valence-electron chi connectivity index (χ2n) is 4.58. The number of phosphoric acid groups is 1. The largest absolute Gasteiger partial charge is 0.587 e. The van der Waals surface area contributed by atoms with Crippen LogP contribution < -0.4 is 9.05 Å². The number of hydrogen-bond acceptors (Lipinski definition) is 5. The lowest BCUT2D eigenvalue weighted by molar-refractivity contribution is 0.203. The van der Waals surface area contributed by atoms with Crippen molar-refractivity contribution in [3.05, 3.63) is 29.5 Å². The van der Waals surface area contributed by atoms with E-state index in [0.29, 0.717) is 17.9 Å². The molecular weight excluding hydrogens is 265 g/mol. The molecule has 6 heteroatoms. The number of nitrogens with zero attached hydrogens (tertiary/aromatic N) is 1. The van der Waals surface area contributed by atoms with E-state index in [1.807, 2.05) is 19.1 Å². The Morgan fingerprint density at radius 2 is 2.26 bits per heavy atom. The maximum Gasteiger partial charge on any atom is 0.587 e.